The van der Waals surface area contributed by atoms with Crippen molar-refractivity contribution in [2.45, 2.75) is 39.7 Å². The number of aryl methyl sites for hydroxylation is 1. The second-order valence-electron chi connectivity index (χ2n) is 5.80. The molecule has 1 heterocycles. The maximum absolute atomic E-state index is 12.5. The number of nitrogens with zero attached hydrogens (tertiary/aromatic N) is 2. The lowest BCUT2D eigenvalue weighted by Gasteiger charge is -2.21. The van der Waals surface area contributed by atoms with Gasteiger partial charge in [-0.2, -0.15) is 0 Å². The lowest BCUT2D eigenvalue weighted by molar-refractivity contribution is -0.127. The van der Waals surface area contributed by atoms with Crippen LogP contribution in [-0.4, -0.2) is 28.1 Å². The van der Waals surface area contributed by atoms with Gasteiger partial charge in [-0.25, -0.2) is 0 Å². The third-order valence-corrected chi connectivity index (χ3v) is 4.46. The third kappa shape index (κ3) is 5.13. The van der Waals surface area contributed by atoms with Crippen LogP contribution in [0.4, 0.5) is 5.13 Å². The predicted molar refractivity (Wildman–Crippen MR) is 94.8 cm³/mol. The number of hydrogen-bond donors (Lipinski definition) is 2. The summed E-state index contributed by atoms with van der Waals surface area (Å²) in [4.78, 5) is 24.7. The number of benzene rings is 1. The van der Waals surface area contributed by atoms with Gasteiger partial charge in [0.15, 0.2) is 0 Å². The van der Waals surface area contributed by atoms with Gasteiger partial charge in [-0.1, -0.05) is 62.4 Å². The molecule has 24 heavy (non-hydrogen) atoms. The molecule has 0 saturated carbocycles. The Morgan fingerprint density at radius 3 is 2.46 bits per heavy atom. The number of anilines is 1. The average molecular weight is 346 g/mol. The Morgan fingerprint density at radius 1 is 1.17 bits per heavy atom. The van der Waals surface area contributed by atoms with Gasteiger partial charge in [-0.3, -0.25) is 14.9 Å². The van der Waals surface area contributed by atoms with E-state index in [0.717, 1.165) is 17.0 Å². The van der Waals surface area contributed by atoms with E-state index < -0.39 is 6.04 Å². The summed E-state index contributed by atoms with van der Waals surface area (Å²) in [6, 6.07) is 8.83. The van der Waals surface area contributed by atoms with Crippen LogP contribution in [0.1, 0.15) is 31.3 Å². The van der Waals surface area contributed by atoms with Crippen LogP contribution in [-0.2, 0) is 22.4 Å². The molecular formula is C17H22N4O2S. The summed E-state index contributed by atoms with van der Waals surface area (Å²) in [6.07, 6.45) is 1.02. The number of carbonyl (C=O) groups excluding carboxylic acids is 2. The van der Waals surface area contributed by atoms with Gasteiger partial charge < -0.3 is 5.32 Å². The van der Waals surface area contributed by atoms with Gasteiger partial charge in [-0.15, -0.1) is 10.2 Å². The van der Waals surface area contributed by atoms with Crippen LogP contribution in [0.25, 0.3) is 0 Å². The smallest absolute Gasteiger partial charge is 0.249 e. The minimum atomic E-state index is -0.616. The normalized spacial score (nSPS) is 12.0. The molecule has 2 aromatic rings. The van der Waals surface area contributed by atoms with Crippen LogP contribution in [0, 0.1) is 5.92 Å². The first-order chi connectivity index (χ1) is 11.5. The SMILES string of the molecule is CCc1nnc(NC(=O)C(NC(=O)Cc2ccccc2)C(C)C)s1. The van der Waals surface area contributed by atoms with Crippen LogP contribution >= 0.6 is 11.3 Å². The van der Waals surface area contributed by atoms with Crippen LogP contribution in [0.15, 0.2) is 30.3 Å². The van der Waals surface area contributed by atoms with E-state index in [1.165, 1.54) is 11.3 Å². The largest absolute Gasteiger partial charge is 0.344 e. The van der Waals surface area contributed by atoms with Gasteiger partial charge >= 0.3 is 0 Å². The van der Waals surface area contributed by atoms with Crippen molar-refractivity contribution in [2.24, 2.45) is 5.92 Å². The molecule has 0 bridgehead atoms. The molecule has 1 unspecified atom stereocenters. The van der Waals surface area contributed by atoms with Crippen molar-refractivity contribution in [3.05, 3.63) is 40.9 Å². The molecule has 0 spiro atoms. The lowest BCUT2D eigenvalue weighted by atomic mass is 10.0. The minimum absolute atomic E-state index is 0.0386. The standard InChI is InChI=1S/C17H22N4O2S/c1-4-14-20-21-17(24-14)19-16(23)15(11(2)3)18-13(22)10-12-8-6-5-7-9-12/h5-9,11,15H,4,10H2,1-3H3,(H,18,22)(H,19,21,23). The Balaban J connectivity index is 1.97. The summed E-state index contributed by atoms with van der Waals surface area (Å²) in [7, 11) is 0. The van der Waals surface area contributed by atoms with Crippen LogP contribution in [0.3, 0.4) is 0 Å². The number of carbonyl (C=O) groups is 2. The average Bonchev–Trinajstić information content (AvgIpc) is 3.00. The maximum atomic E-state index is 12.5. The monoisotopic (exact) mass is 346 g/mol. The van der Waals surface area contributed by atoms with Gasteiger partial charge in [0, 0.05) is 0 Å². The van der Waals surface area contributed by atoms with Crippen LogP contribution < -0.4 is 10.6 Å². The summed E-state index contributed by atoms with van der Waals surface area (Å²) in [5, 5.41) is 14.8. The first-order valence-electron chi connectivity index (χ1n) is 7.96. The number of hydrogen-bond acceptors (Lipinski definition) is 5. The molecule has 0 saturated heterocycles. The Bertz CT molecular complexity index is 685. The molecule has 0 radical (unpaired) electrons. The van der Waals surface area contributed by atoms with Crippen molar-refractivity contribution in [2.75, 3.05) is 5.32 Å². The fourth-order valence-electron chi connectivity index (χ4n) is 2.17. The zero-order valence-electron chi connectivity index (χ0n) is 14.1. The topological polar surface area (TPSA) is 84.0 Å². The van der Waals surface area contributed by atoms with E-state index in [4.69, 9.17) is 0 Å². The highest BCUT2D eigenvalue weighted by molar-refractivity contribution is 7.15. The molecule has 128 valence electrons. The first kappa shape index (κ1) is 18.1. The summed E-state index contributed by atoms with van der Waals surface area (Å²) in [5.41, 5.74) is 0.912. The van der Waals surface area contributed by atoms with Crippen LogP contribution in [0.2, 0.25) is 0 Å². The summed E-state index contributed by atoms with van der Waals surface area (Å²) in [6.45, 7) is 5.77. The predicted octanol–water partition coefficient (Wildman–Crippen LogP) is 2.42. The van der Waals surface area contributed by atoms with E-state index in [9.17, 15) is 9.59 Å². The maximum Gasteiger partial charge on any atom is 0.249 e. The first-order valence-corrected chi connectivity index (χ1v) is 8.77. The molecule has 6 nitrogen and oxygen atoms in total. The van der Waals surface area contributed by atoms with E-state index >= 15 is 0 Å². The number of nitrogens with one attached hydrogen (secondary N) is 2. The lowest BCUT2D eigenvalue weighted by Crippen LogP contribution is -2.47. The number of rotatable bonds is 7. The second-order valence-corrected chi connectivity index (χ2v) is 6.86. The molecule has 1 atom stereocenters. The van der Waals surface area contributed by atoms with Crippen molar-refractivity contribution in [3.63, 3.8) is 0 Å². The molecule has 0 aliphatic rings. The Morgan fingerprint density at radius 2 is 1.88 bits per heavy atom. The fraction of sp³-hybridized carbons (Fsp3) is 0.412. The zero-order chi connectivity index (χ0) is 17.5. The van der Waals surface area contributed by atoms with E-state index in [0.29, 0.717) is 5.13 Å². The zero-order valence-corrected chi connectivity index (χ0v) is 14.9. The fourth-order valence-corrected chi connectivity index (χ4v) is 2.85. The van der Waals surface area contributed by atoms with Gasteiger partial charge in [0.05, 0.1) is 6.42 Å². The molecule has 0 fully saturated rings. The van der Waals surface area contributed by atoms with Gasteiger partial charge in [0.1, 0.15) is 11.0 Å². The Kier molecular flexibility index (Phi) is 6.43. The van der Waals surface area contributed by atoms with E-state index in [1.54, 1.807) is 0 Å². The van der Waals surface area contributed by atoms with Crippen molar-refractivity contribution < 1.29 is 9.59 Å². The Labute approximate surface area is 145 Å². The van der Waals surface area contributed by atoms with Gasteiger partial charge in [-0.05, 0) is 17.9 Å². The molecule has 2 N–H and O–H groups in total. The van der Waals surface area contributed by atoms with Crippen molar-refractivity contribution in [3.8, 4) is 0 Å². The molecular weight excluding hydrogens is 324 g/mol. The van der Waals surface area contributed by atoms with Crippen molar-refractivity contribution >= 4 is 28.3 Å². The molecule has 1 aromatic carbocycles. The molecule has 7 heteroatoms. The van der Waals surface area contributed by atoms with Gasteiger partial charge in [0.2, 0.25) is 16.9 Å². The molecule has 2 amide bonds. The highest BCUT2D eigenvalue weighted by atomic mass is 32.1. The molecule has 2 rings (SSSR count). The summed E-state index contributed by atoms with van der Waals surface area (Å²) in [5.74, 6) is -0.491. The number of aromatic nitrogens is 2. The highest BCUT2D eigenvalue weighted by Gasteiger charge is 2.25. The molecule has 0 aliphatic heterocycles. The van der Waals surface area contributed by atoms with Crippen molar-refractivity contribution in [1.29, 1.82) is 0 Å². The highest BCUT2D eigenvalue weighted by Crippen LogP contribution is 2.16. The van der Waals surface area contributed by atoms with E-state index in [-0.39, 0.29) is 24.2 Å². The number of amides is 2. The minimum Gasteiger partial charge on any atom is -0.344 e. The third-order valence-electron chi connectivity index (χ3n) is 3.47. The van der Waals surface area contributed by atoms with Crippen molar-refractivity contribution in [1.82, 2.24) is 15.5 Å². The van der Waals surface area contributed by atoms with E-state index in [1.807, 2.05) is 51.1 Å². The van der Waals surface area contributed by atoms with Gasteiger partial charge in [0.25, 0.3) is 0 Å². The molecule has 0 aliphatic carbocycles. The Hall–Kier alpha value is -2.28. The quantitative estimate of drug-likeness (QED) is 0.806. The second kappa shape index (κ2) is 8.54. The summed E-state index contributed by atoms with van der Waals surface area (Å²) < 4.78 is 0. The van der Waals surface area contributed by atoms with E-state index in [2.05, 4.69) is 20.8 Å². The summed E-state index contributed by atoms with van der Waals surface area (Å²) >= 11 is 1.34. The van der Waals surface area contributed by atoms with Crippen LogP contribution in [0.5, 0.6) is 0 Å². The molecule has 1 aromatic heterocycles.